The molecule has 2 aliphatic carbocycles. The fraction of sp³-hybridized carbons (Fsp3) is 0.429. The quantitative estimate of drug-likeness (QED) is 0.448. The van der Waals surface area contributed by atoms with E-state index in [1.165, 1.54) is 52.0 Å². The van der Waals surface area contributed by atoms with E-state index < -0.39 is 0 Å². The number of hydrogen-bond acceptors (Lipinski definition) is 5. The first-order valence-electron chi connectivity index (χ1n) is 12.4. The number of morpholine rings is 1. The molecule has 1 atom stereocenters. The average molecular weight is 441 g/mol. The van der Waals surface area contributed by atoms with Crippen LogP contribution in [-0.2, 0) is 24.1 Å². The fourth-order valence-electron chi connectivity index (χ4n) is 5.82. The first kappa shape index (κ1) is 21.0. The van der Waals surface area contributed by atoms with Crippen molar-refractivity contribution in [3.05, 3.63) is 82.9 Å². The van der Waals surface area contributed by atoms with E-state index >= 15 is 0 Å². The largest absolute Gasteiger partial charge is 0.379 e. The molecule has 0 radical (unpaired) electrons. The lowest BCUT2D eigenvalue weighted by atomic mass is 9.90. The zero-order valence-corrected chi connectivity index (χ0v) is 19.2. The molecule has 3 aliphatic rings. The van der Waals surface area contributed by atoms with Gasteiger partial charge in [-0.1, -0.05) is 30.3 Å². The van der Waals surface area contributed by atoms with Gasteiger partial charge in [0.25, 0.3) is 0 Å². The Morgan fingerprint density at radius 1 is 0.939 bits per heavy atom. The molecule has 1 saturated heterocycles. The van der Waals surface area contributed by atoms with Gasteiger partial charge in [-0.15, -0.1) is 0 Å². The van der Waals surface area contributed by atoms with Gasteiger partial charge in [-0.3, -0.25) is 19.8 Å². The van der Waals surface area contributed by atoms with Gasteiger partial charge in [-0.25, -0.2) is 0 Å². The Morgan fingerprint density at radius 2 is 1.82 bits per heavy atom. The molecule has 1 aliphatic heterocycles. The number of fused-ring (bicyclic) bond motifs is 4. The third kappa shape index (κ3) is 4.21. The summed E-state index contributed by atoms with van der Waals surface area (Å²) in [5.41, 5.74) is 9.50. The molecular weight excluding hydrogens is 408 g/mol. The Hall–Kier alpha value is -2.60. The van der Waals surface area contributed by atoms with E-state index in [9.17, 15) is 0 Å². The van der Waals surface area contributed by atoms with Crippen molar-refractivity contribution < 1.29 is 4.74 Å². The summed E-state index contributed by atoms with van der Waals surface area (Å²) in [6, 6.07) is 15.7. The Balaban J connectivity index is 1.30. The molecular formula is C28H32N4O. The minimum absolute atomic E-state index is 0.359. The Bertz CT molecular complexity index is 1120. The van der Waals surface area contributed by atoms with Gasteiger partial charge in [-0.2, -0.15) is 0 Å². The van der Waals surface area contributed by atoms with Gasteiger partial charge in [0.1, 0.15) is 0 Å². The highest BCUT2D eigenvalue weighted by Gasteiger charge is 2.30. The van der Waals surface area contributed by atoms with Crippen LogP contribution in [0.3, 0.4) is 0 Å². The highest BCUT2D eigenvalue weighted by atomic mass is 16.5. The van der Waals surface area contributed by atoms with Crippen LogP contribution in [0.1, 0.15) is 47.0 Å². The van der Waals surface area contributed by atoms with Crippen LogP contribution in [0.4, 0.5) is 0 Å². The summed E-state index contributed by atoms with van der Waals surface area (Å²) in [6.07, 6.45) is 8.50. The summed E-state index contributed by atoms with van der Waals surface area (Å²) in [7, 11) is 0. The number of aryl methyl sites for hydroxylation is 1. The first-order chi connectivity index (χ1) is 16.4. The second-order valence-corrected chi connectivity index (χ2v) is 9.50. The molecule has 5 nitrogen and oxygen atoms in total. The standard InChI is InChI=1S/C28H32N4O/c1-2-8-23-22(5-1)19-25-24(23)10-12-29-26(25)20-32(14-13-31-15-17-33-18-16-31)27-9-3-6-21-7-4-11-30-28(21)27/h1-2,4-5,7-8,10-12,27H,3,6,9,13-20H2. The number of rotatable bonds is 6. The van der Waals surface area contributed by atoms with Crippen LogP contribution in [-0.4, -0.2) is 59.2 Å². The van der Waals surface area contributed by atoms with Gasteiger partial charge >= 0.3 is 0 Å². The van der Waals surface area contributed by atoms with Gasteiger partial charge in [0.15, 0.2) is 0 Å². The van der Waals surface area contributed by atoms with Crippen LogP contribution in [0.25, 0.3) is 11.1 Å². The number of aromatic nitrogens is 2. The first-order valence-corrected chi connectivity index (χ1v) is 12.4. The lowest BCUT2D eigenvalue weighted by Crippen LogP contribution is -2.43. The third-order valence-corrected chi connectivity index (χ3v) is 7.59. The summed E-state index contributed by atoms with van der Waals surface area (Å²) in [6.45, 7) is 6.72. The molecule has 2 aromatic heterocycles. The zero-order chi connectivity index (χ0) is 22.0. The summed E-state index contributed by atoms with van der Waals surface area (Å²) in [4.78, 5) is 15.0. The maximum atomic E-state index is 5.57. The SMILES string of the molecule is c1ccc2c(c1)Cc1c-2ccnc1CN(CCN1CCOCC1)C1CCCc2cccnc21. The molecule has 0 N–H and O–H groups in total. The lowest BCUT2D eigenvalue weighted by molar-refractivity contribution is 0.0288. The average Bonchev–Trinajstić information content (AvgIpc) is 3.26. The number of ether oxygens (including phenoxy) is 1. The Labute approximate surface area is 196 Å². The van der Waals surface area contributed by atoms with E-state index in [2.05, 4.69) is 52.3 Å². The molecule has 1 unspecified atom stereocenters. The zero-order valence-electron chi connectivity index (χ0n) is 19.2. The predicted molar refractivity (Wildman–Crippen MR) is 130 cm³/mol. The van der Waals surface area contributed by atoms with E-state index in [4.69, 9.17) is 14.7 Å². The van der Waals surface area contributed by atoms with E-state index in [1.807, 2.05) is 12.4 Å². The van der Waals surface area contributed by atoms with E-state index in [0.29, 0.717) is 6.04 Å². The van der Waals surface area contributed by atoms with Gasteiger partial charge in [0, 0.05) is 51.5 Å². The van der Waals surface area contributed by atoms with Crippen LogP contribution in [0, 0.1) is 0 Å². The van der Waals surface area contributed by atoms with Crippen molar-refractivity contribution in [1.82, 2.24) is 19.8 Å². The minimum Gasteiger partial charge on any atom is -0.379 e. The van der Waals surface area contributed by atoms with Crippen LogP contribution >= 0.6 is 0 Å². The Morgan fingerprint density at radius 3 is 2.76 bits per heavy atom. The molecule has 0 spiro atoms. The topological polar surface area (TPSA) is 41.5 Å². The number of hydrogen-bond donors (Lipinski definition) is 0. The number of benzene rings is 1. The van der Waals surface area contributed by atoms with Crippen molar-refractivity contribution in [1.29, 1.82) is 0 Å². The van der Waals surface area contributed by atoms with Gasteiger partial charge in [-0.05, 0) is 59.2 Å². The second kappa shape index (κ2) is 9.34. The van der Waals surface area contributed by atoms with E-state index in [1.54, 1.807) is 0 Å². The van der Waals surface area contributed by atoms with Crippen molar-refractivity contribution in [3.63, 3.8) is 0 Å². The molecule has 0 amide bonds. The smallest absolute Gasteiger partial charge is 0.0607 e. The molecule has 33 heavy (non-hydrogen) atoms. The molecule has 6 rings (SSSR count). The summed E-state index contributed by atoms with van der Waals surface area (Å²) in [5.74, 6) is 0. The monoisotopic (exact) mass is 440 g/mol. The second-order valence-electron chi connectivity index (χ2n) is 9.50. The highest BCUT2D eigenvalue weighted by Crippen LogP contribution is 2.39. The molecule has 0 bridgehead atoms. The molecule has 1 fully saturated rings. The Kier molecular flexibility index (Phi) is 5.93. The van der Waals surface area contributed by atoms with Gasteiger partial charge in [0.2, 0.25) is 0 Å². The van der Waals surface area contributed by atoms with Crippen LogP contribution in [0.5, 0.6) is 0 Å². The molecule has 170 valence electrons. The van der Waals surface area contributed by atoms with Gasteiger partial charge < -0.3 is 4.74 Å². The predicted octanol–water partition coefficient (Wildman–Crippen LogP) is 4.26. The van der Waals surface area contributed by atoms with Crippen LogP contribution in [0.2, 0.25) is 0 Å². The van der Waals surface area contributed by atoms with E-state index in [-0.39, 0.29) is 0 Å². The number of pyridine rings is 2. The van der Waals surface area contributed by atoms with Crippen molar-refractivity contribution >= 4 is 0 Å². The van der Waals surface area contributed by atoms with Crippen molar-refractivity contribution in [2.24, 2.45) is 0 Å². The molecule has 0 saturated carbocycles. The molecule has 3 aromatic rings. The maximum Gasteiger partial charge on any atom is 0.0607 e. The summed E-state index contributed by atoms with van der Waals surface area (Å²) >= 11 is 0. The van der Waals surface area contributed by atoms with Crippen molar-refractivity contribution in [2.75, 3.05) is 39.4 Å². The fourth-order valence-corrected chi connectivity index (χ4v) is 5.82. The third-order valence-electron chi connectivity index (χ3n) is 7.59. The maximum absolute atomic E-state index is 5.57. The summed E-state index contributed by atoms with van der Waals surface area (Å²) < 4.78 is 5.57. The van der Waals surface area contributed by atoms with Crippen LogP contribution in [0.15, 0.2) is 54.9 Å². The summed E-state index contributed by atoms with van der Waals surface area (Å²) in [5, 5.41) is 0. The van der Waals surface area contributed by atoms with Crippen molar-refractivity contribution in [2.45, 2.75) is 38.3 Å². The van der Waals surface area contributed by atoms with Gasteiger partial charge in [0.05, 0.1) is 30.6 Å². The lowest BCUT2D eigenvalue weighted by Gasteiger charge is -2.37. The van der Waals surface area contributed by atoms with Crippen molar-refractivity contribution in [3.8, 4) is 11.1 Å². The molecule has 3 heterocycles. The highest BCUT2D eigenvalue weighted by molar-refractivity contribution is 5.77. The van der Waals surface area contributed by atoms with Crippen LogP contribution < -0.4 is 0 Å². The van der Waals surface area contributed by atoms with E-state index in [0.717, 1.165) is 58.8 Å². The molecule has 5 heteroatoms. The minimum atomic E-state index is 0.359. The normalized spacial score (nSPS) is 19.8. The molecule has 1 aromatic carbocycles. The number of nitrogens with zero attached hydrogens (tertiary/aromatic N) is 4.